The molecular weight excluding hydrogens is 248 g/mol. The average molecular weight is 262 g/mol. The molecule has 7 heteroatoms. The van der Waals surface area contributed by atoms with Crippen molar-refractivity contribution in [2.75, 3.05) is 7.05 Å². The van der Waals surface area contributed by atoms with Crippen molar-refractivity contribution in [1.29, 1.82) is 0 Å². The van der Waals surface area contributed by atoms with Gasteiger partial charge in [0.1, 0.15) is 5.82 Å². The minimum atomic E-state index is -0.326. The van der Waals surface area contributed by atoms with Crippen molar-refractivity contribution >= 4 is 5.91 Å². The number of aromatic nitrogens is 3. The van der Waals surface area contributed by atoms with Crippen molar-refractivity contribution < 1.29 is 15.0 Å². The number of phenolic OH excluding ortho intramolecular Hbond substituents is 2. The Kier molecular flexibility index (Phi) is 3.37. The smallest absolute Gasteiger partial charge is 0.254 e. The third-order valence-electron chi connectivity index (χ3n) is 2.59. The van der Waals surface area contributed by atoms with Gasteiger partial charge in [-0.1, -0.05) is 0 Å². The number of aromatic hydroxyl groups is 2. The van der Waals surface area contributed by atoms with Crippen LogP contribution in [-0.4, -0.2) is 43.2 Å². The first kappa shape index (κ1) is 12.9. The maximum atomic E-state index is 12.1. The summed E-state index contributed by atoms with van der Waals surface area (Å²) in [4.78, 5) is 17.6. The van der Waals surface area contributed by atoms with E-state index in [0.717, 1.165) is 0 Å². The van der Waals surface area contributed by atoms with Crippen LogP contribution in [0.2, 0.25) is 0 Å². The van der Waals surface area contributed by atoms with E-state index in [1.807, 2.05) is 0 Å². The van der Waals surface area contributed by atoms with Crippen molar-refractivity contribution in [3.63, 3.8) is 0 Å². The Bertz CT molecular complexity index is 609. The lowest BCUT2D eigenvalue weighted by Gasteiger charge is -2.15. The molecule has 7 nitrogen and oxygen atoms in total. The van der Waals surface area contributed by atoms with E-state index in [9.17, 15) is 15.0 Å². The van der Waals surface area contributed by atoms with Crippen LogP contribution in [0, 0.1) is 6.92 Å². The summed E-state index contributed by atoms with van der Waals surface area (Å²) in [7, 11) is 1.61. The lowest BCUT2D eigenvalue weighted by atomic mass is 10.2. The van der Waals surface area contributed by atoms with Gasteiger partial charge in [-0.05, 0) is 25.1 Å². The van der Waals surface area contributed by atoms with Gasteiger partial charge in [-0.15, -0.1) is 0 Å². The summed E-state index contributed by atoms with van der Waals surface area (Å²) in [5, 5.41) is 25.2. The lowest BCUT2D eigenvalue weighted by molar-refractivity contribution is 0.0781. The largest absolute Gasteiger partial charge is 0.504 e. The van der Waals surface area contributed by atoms with E-state index in [2.05, 4.69) is 15.2 Å². The predicted octanol–water partition coefficient (Wildman–Crippen LogP) is 0.797. The molecule has 1 aromatic heterocycles. The Morgan fingerprint density at radius 3 is 2.68 bits per heavy atom. The van der Waals surface area contributed by atoms with Gasteiger partial charge in [0.05, 0.1) is 6.54 Å². The first-order valence-corrected chi connectivity index (χ1v) is 5.62. The van der Waals surface area contributed by atoms with Crippen LogP contribution in [0.3, 0.4) is 0 Å². The number of aryl methyl sites for hydroxylation is 1. The van der Waals surface area contributed by atoms with Crippen LogP contribution < -0.4 is 0 Å². The summed E-state index contributed by atoms with van der Waals surface area (Å²) in [5.41, 5.74) is 0.282. The minimum absolute atomic E-state index is 0.255. The maximum Gasteiger partial charge on any atom is 0.254 e. The third kappa shape index (κ3) is 2.82. The first-order chi connectivity index (χ1) is 8.97. The molecule has 0 saturated carbocycles. The van der Waals surface area contributed by atoms with Gasteiger partial charge in [0.25, 0.3) is 5.91 Å². The number of hydrogen-bond acceptors (Lipinski definition) is 5. The van der Waals surface area contributed by atoms with Gasteiger partial charge in [0.15, 0.2) is 17.3 Å². The number of rotatable bonds is 3. The van der Waals surface area contributed by atoms with E-state index in [1.165, 1.54) is 23.1 Å². The first-order valence-electron chi connectivity index (χ1n) is 5.62. The second-order valence-corrected chi connectivity index (χ2v) is 4.20. The van der Waals surface area contributed by atoms with Crippen molar-refractivity contribution in [2.24, 2.45) is 0 Å². The van der Waals surface area contributed by atoms with Crippen LogP contribution in [0.5, 0.6) is 11.5 Å². The van der Waals surface area contributed by atoms with Gasteiger partial charge >= 0.3 is 0 Å². The second kappa shape index (κ2) is 4.97. The normalized spacial score (nSPS) is 10.4. The van der Waals surface area contributed by atoms with Crippen LogP contribution >= 0.6 is 0 Å². The maximum absolute atomic E-state index is 12.1. The average Bonchev–Trinajstić information content (AvgIpc) is 2.77. The molecule has 0 bridgehead atoms. The Morgan fingerprint density at radius 2 is 2.11 bits per heavy atom. The van der Waals surface area contributed by atoms with Crippen LogP contribution in [0.15, 0.2) is 18.2 Å². The Labute approximate surface area is 109 Å². The number of carbonyl (C=O) groups excluding carboxylic acids is 1. The van der Waals surface area contributed by atoms with Crippen molar-refractivity contribution in [3.8, 4) is 11.5 Å². The molecule has 1 heterocycles. The molecule has 0 unspecified atom stereocenters. The Morgan fingerprint density at radius 1 is 1.37 bits per heavy atom. The summed E-state index contributed by atoms with van der Waals surface area (Å²) in [5.74, 6) is 0.309. The second-order valence-electron chi connectivity index (χ2n) is 4.20. The Hall–Kier alpha value is -2.57. The van der Waals surface area contributed by atoms with E-state index in [1.54, 1.807) is 14.0 Å². The highest BCUT2D eigenvalue weighted by atomic mass is 16.3. The van der Waals surface area contributed by atoms with Gasteiger partial charge in [-0.25, -0.2) is 4.98 Å². The molecule has 0 aliphatic rings. The fraction of sp³-hybridized carbons (Fsp3) is 0.250. The molecule has 0 aliphatic carbocycles. The topological polar surface area (TPSA) is 102 Å². The van der Waals surface area contributed by atoms with E-state index in [-0.39, 0.29) is 29.5 Å². The molecule has 19 heavy (non-hydrogen) atoms. The zero-order valence-electron chi connectivity index (χ0n) is 10.6. The summed E-state index contributed by atoms with van der Waals surface area (Å²) in [6.45, 7) is 2.03. The minimum Gasteiger partial charge on any atom is -0.504 e. The molecule has 2 rings (SSSR count). The van der Waals surface area contributed by atoms with E-state index in [0.29, 0.717) is 11.6 Å². The number of hydrogen-bond donors (Lipinski definition) is 3. The fourth-order valence-electron chi connectivity index (χ4n) is 1.62. The summed E-state index contributed by atoms with van der Waals surface area (Å²) >= 11 is 0. The van der Waals surface area contributed by atoms with Crippen LogP contribution in [-0.2, 0) is 6.54 Å². The van der Waals surface area contributed by atoms with Gasteiger partial charge in [0, 0.05) is 12.6 Å². The number of nitrogens with one attached hydrogen (secondary N) is 1. The lowest BCUT2D eigenvalue weighted by Crippen LogP contribution is -2.26. The highest BCUT2D eigenvalue weighted by Gasteiger charge is 2.15. The van der Waals surface area contributed by atoms with Crippen molar-refractivity contribution in [3.05, 3.63) is 35.4 Å². The van der Waals surface area contributed by atoms with Gasteiger partial charge in [-0.3, -0.25) is 9.89 Å². The number of nitrogens with zero attached hydrogens (tertiary/aromatic N) is 3. The molecule has 0 aliphatic heterocycles. The molecule has 0 radical (unpaired) electrons. The van der Waals surface area contributed by atoms with Crippen LogP contribution in [0.1, 0.15) is 22.0 Å². The van der Waals surface area contributed by atoms with E-state index < -0.39 is 0 Å². The quantitative estimate of drug-likeness (QED) is 0.710. The number of H-pyrrole nitrogens is 1. The molecule has 100 valence electrons. The summed E-state index contributed by atoms with van der Waals surface area (Å²) in [6, 6.07) is 3.93. The monoisotopic (exact) mass is 262 g/mol. The number of amides is 1. The predicted molar refractivity (Wildman–Crippen MR) is 66.7 cm³/mol. The van der Waals surface area contributed by atoms with Crippen molar-refractivity contribution in [1.82, 2.24) is 20.1 Å². The molecule has 0 atom stereocenters. The molecular formula is C12H14N4O3. The highest BCUT2D eigenvalue weighted by Crippen LogP contribution is 2.25. The summed E-state index contributed by atoms with van der Waals surface area (Å²) < 4.78 is 0. The molecule has 0 saturated heterocycles. The van der Waals surface area contributed by atoms with Gasteiger partial charge < -0.3 is 15.1 Å². The van der Waals surface area contributed by atoms with Gasteiger partial charge in [0.2, 0.25) is 0 Å². The highest BCUT2D eigenvalue weighted by molar-refractivity contribution is 5.94. The van der Waals surface area contributed by atoms with Crippen LogP contribution in [0.4, 0.5) is 0 Å². The molecule has 0 fully saturated rings. The van der Waals surface area contributed by atoms with Crippen molar-refractivity contribution in [2.45, 2.75) is 13.5 Å². The van der Waals surface area contributed by atoms with Gasteiger partial charge in [-0.2, -0.15) is 5.10 Å². The van der Waals surface area contributed by atoms with E-state index in [4.69, 9.17) is 0 Å². The van der Waals surface area contributed by atoms with E-state index >= 15 is 0 Å². The zero-order chi connectivity index (χ0) is 14.0. The molecule has 1 aromatic carbocycles. The number of aromatic amines is 1. The standard InChI is InChI=1S/C12H14N4O3/c1-7-13-11(15-14-7)6-16(2)12(19)8-3-4-9(17)10(18)5-8/h3-5,17-18H,6H2,1-2H3,(H,13,14,15). The molecule has 1 amide bonds. The number of phenols is 2. The Balaban J connectivity index is 2.12. The third-order valence-corrected chi connectivity index (χ3v) is 2.59. The zero-order valence-corrected chi connectivity index (χ0v) is 10.6. The number of carbonyl (C=O) groups is 1. The molecule has 3 N–H and O–H groups in total. The summed E-state index contributed by atoms with van der Waals surface area (Å²) in [6.07, 6.45) is 0. The molecule has 0 spiro atoms. The fourth-order valence-corrected chi connectivity index (χ4v) is 1.62. The molecule has 2 aromatic rings. The van der Waals surface area contributed by atoms with Crippen LogP contribution in [0.25, 0.3) is 0 Å². The SMILES string of the molecule is Cc1nc(CN(C)C(=O)c2ccc(O)c(O)c2)n[nH]1. The number of benzene rings is 1.